The Morgan fingerprint density at radius 3 is 2.61 bits per heavy atom. The predicted octanol–water partition coefficient (Wildman–Crippen LogP) is 0.232. The van der Waals surface area contributed by atoms with E-state index in [-0.39, 0.29) is 12.6 Å². The Kier molecular flexibility index (Phi) is 3.75. The van der Waals surface area contributed by atoms with E-state index in [1.165, 1.54) is 0 Å². The first kappa shape index (κ1) is 13.1. The van der Waals surface area contributed by atoms with Crippen LogP contribution in [0.4, 0.5) is 4.79 Å². The van der Waals surface area contributed by atoms with E-state index < -0.39 is 11.4 Å². The van der Waals surface area contributed by atoms with Gasteiger partial charge in [-0.2, -0.15) is 0 Å². The highest BCUT2D eigenvalue weighted by atomic mass is 16.4. The summed E-state index contributed by atoms with van der Waals surface area (Å²) in [5, 5.41) is 11.9. The second kappa shape index (κ2) is 5.14. The highest BCUT2D eigenvalue weighted by molar-refractivity contribution is 5.79. The van der Waals surface area contributed by atoms with Gasteiger partial charge in [0.2, 0.25) is 0 Å². The van der Waals surface area contributed by atoms with Gasteiger partial charge in [-0.3, -0.25) is 4.79 Å². The van der Waals surface area contributed by atoms with Crippen molar-refractivity contribution in [3.8, 4) is 0 Å². The Morgan fingerprint density at radius 1 is 1.44 bits per heavy atom. The number of hydrogen-bond acceptors (Lipinski definition) is 3. The van der Waals surface area contributed by atoms with Crippen LogP contribution in [0, 0.1) is 11.3 Å². The van der Waals surface area contributed by atoms with E-state index >= 15 is 0 Å². The quantitative estimate of drug-likeness (QED) is 0.670. The number of rotatable bonds is 4. The fourth-order valence-electron chi connectivity index (χ4n) is 2.64. The van der Waals surface area contributed by atoms with Crippen molar-refractivity contribution in [3.05, 3.63) is 0 Å². The summed E-state index contributed by atoms with van der Waals surface area (Å²) >= 11 is 0. The summed E-state index contributed by atoms with van der Waals surface area (Å²) < 4.78 is 0. The van der Waals surface area contributed by atoms with E-state index in [2.05, 4.69) is 5.32 Å². The average molecular weight is 255 g/mol. The van der Waals surface area contributed by atoms with Gasteiger partial charge in [-0.15, -0.1) is 0 Å². The minimum atomic E-state index is -0.796. The predicted molar refractivity (Wildman–Crippen MR) is 66.1 cm³/mol. The normalized spacial score (nSPS) is 25.6. The fraction of sp³-hybridized carbons (Fsp3) is 0.833. The first-order valence-corrected chi connectivity index (χ1v) is 6.54. The minimum absolute atomic E-state index is 0.154. The zero-order valence-electron chi connectivity index (χ0n) is 10.5. The van der Waals surface area contributed by atoms with Gasteiger partial charge in [0, 0.05) is 19.6 Å². The summed E-state index contributed by atoms with van der Waals surface area (Å²) in [7, 11) is 0. The second-order valence-corrected chi connectivity index (χ2v) is 5.43. The molecule has 0 aromatic carbocycles. The molecule has 2 fully saturated rings. The molecule has 0 aromatic rings. The number of nitrogens with two attached hydrogens (primary N) is 1. The van der Waals surface area contributed by atoms with Gasteiger partial charge >= 0.3 is 12.0 Å². The number of carboxylic acid groups (broad SMARTS) is 1. The number of likely N-dealkylation sites (tertiary alicyclic amines) is 1. The molecule has 2 aliphatic rings. The smallest absolute Gasteiger partial charge is 0.317 e. The molecule has 1 saturated heterocycles. The molecule has 0 radical (unpaired) electrons. The molecule has 1 saturated carbocycles. The zero-order chi connectivity index (χ0) is 13.2. The van der Waals surface area contributed by atoms with Crippen LogP contribution in [0.15, 0.2) is 0 Å². The Labute approximate surface area is 107 Å². The number of carboxylic acids is 1. The fourth-order valence-corrected chi connectivity index (χ4v) is 2.64. The van der Waals surface area contributed by atoms with E-state index in [0.29, 0.717) is 38.4 Å². The van der Waals surface area contributed by atoms with Gasteiger partial charge in [-0.25, -0.2) is 4.79 Å². The molecule has 1 unspecified atom stereocenters. The number of urea groups is 1. The van der Waals surface area contributed by atoms with E-state index in [9.17, 15) is 9.59 Å². The van der Waals surface area contributed by atoms with Crippen LogP contribution in [-0.4, -0.2) is 48.2 Å². The molecule has 18 heavy (non-hydrogen) atoms. The molecule has 1 aliphatic heterocycles. The molecule has 0 bridgehead atoms. The maximum Gasteiger partial charge on any atom is 0.317 e. The van der Waals surface area contributed by atoms with E-state index in [0.717, 1.165) is 12.8 Å². The van der Waals surface area contributed by atoms with Crippen molar-refractivity contribution < 1.29 is 14.7 Å². The van der Waals surface area contributed by atoms with Gasteiger partial charge in [0.1, 0.15) is 0 Å². The SMILES string of the molecule is NCC1CCN(C(=O)NCC2(C(=O)O)CCC2)C1. The summed E-state index contributed by atoms with van der Waals surface area (Å²) in [6.45, 7) is 2.24. The Hall–Kier alpha value is -1.30. The van der Waals surface area contributed by atoms with E-state index in [1.807, 2.05) is 0 Å². The third kappa shape index (κ3) is 2.43. The van der Waals surface area contributed by atoms with Crippen LogP contribution in [0.25, 0.3) is 0 Å². The summed E-state index contributed by atoms with van der Waals surface area (Å²) in [5.41, 5.74) is 4.85. The summed E-state index contributed by atoms with van der Waals surface area (Å²) in [6, 6.07) is -0.154. The van der Waals surface area contributed by atoms with Gasteiger partial charge < -0.3 is 21.1 Å². The van der Waals surface area contributed by atoms with Crippen molar-refractivity contribution in [1.29, 1.82) is 0 Å². The zero-order valence-corrected chi connectivity index (χ0v) is 10.5. The monoisotopic (exact) mass is 255 g/mol. The molecule has 6 nitrogen and oxygen atoms in total. The molecule has 1 atom stereocenters. The average Bonchev–Trinajstić information content (AvgIpc) is 2.75. The number of nitrogens with zero attached hydrogens (tertiary/aromatic N) is 1. The van der Waals surface area contributed by atoms with Crippen molar-refractivity contribution in [2.45, 2.75) is 25.7 Å². The molecule has 0 aromatic heterocycles. The molecule has 102 valence electrons. The molecule has 1 aliphatic carbocycles. The summed E-state index contributed by atoms with van der Waals surface area (Å²) in [4.78, 5) is 24.8. The van der Waals surface area contributed by atoms with Crippen molar-refractivity contribution in [1.82, 2.24) is 10.2 Å². The minimum Gasteiger partial charge on any atom is -0.481 e. The molecule has 0 spiro atoms. The number of hydrogen-bond donors (Lipinski definition) is 3. The van der Waals surface area contributed by atoms with Gasteiger partial charge in [0.15, 0.2) is 0 Å². The van der Waals surface area contributed by atoms with Crippen molar-refractivity contribution in [2.75, 3.05) is 26.2 Å². The van der Waals surface area contributed by atoms with Crippen molar-refractivity contribution in [2.24, 2.45) is 17.1 Å². The highest BCUT2D eigenvalue weighted by Gasteiger charge is 2.44. The lowest BCUT2D eigenvalue weighted by Crippen LogP contribution is -2.50. The van der Waals surface area contributed by atoms with E-state index in [4.69, 9.17) is 10.8 Å². The van der Waals surface area contributed by atoms with Gasteiger partial charge in [-0.05, 0) is 31.7 Å². The largest absolute Gasteiger partial charge is 0.481 e. The van der Waals surface area contributed by atoms with Crippen LogP contribution in [0.5, 0.6) is 0 Å². The number of aliphatic carboxylic acids is 1. The Balaban J connectivity index is 1.80. The maximum atomic E-state index is 11.9. The number of nitrogens with one attached hydrogen (secondary N) is 1. The third-order valence-electron chi connectivity index (χ3n) is 4.25. The molecule has 4 N–H and O–H groups in total. The summed E-state index contributed by atoms with van der Waals surface area (Å²) in [6.07, 6.45) is 3.19. The van der Waals surface area contributed by atoms with Crippen LogP contribution in [0.3, 0.4) is 0 Å². The topological polar surface area (TPSA) is 95.7 Å². The summed E-state index contributed by atoms with van der Waals surface area (Å²) in [5.74, 6) is -0.414. The van der Waals surface area contributed by atoms with Crippen molar-refractivity contribution >= 4 is 12.0 Å². The molecule has 1 heterocycles. The van der Waals surface area contributed by atoms with Crippen LogP contribution in [-0.2, 0) is 4.79 Å². The lowest BCUT2D eigenvalue weighted by molar-refractivity contribution is -0.153. The lowest BCUT2D eigenvalue weighted by atomic mass is 9.69. The van der Waals surface area contributed by atoms with Crippen LogP contribution >= 0.6 is 0 Å². The van der Waals surface area contributed by atoms with Gasteiger partial charge in [-0.1, -0.05) is 6.42 Å². The Bertz CT molecular complexity index is 341. The standard InChI is InChI=1S/C12H21N3O3/c13-6-9-2-5-15(7-9)11(18)14-8-12(10(16)17)3-1-4-12/h9H,1-8,13H2,(H,14,18)(H,16,17). The first-order valence-electron chi connectivity index (χ1n) is 6.54. The highest BCUT2D eigenvalue weighted by Crippen LogP contribution is 2.40. The van der Waals surface area contributed by atoms with Crippen molar-refractivity contribution in [3.63, 3.8) is 0 Å². The van der Waals surface area contributed by atoms with Crippen LogP contribution in [0.2, 0.25) is 0 Å². The van der Waals surface area contributed by atoms with Crippen LogP contribution in [0.1, 0.15) is 25.7 Å². The Morgan fingerprint density at radius 2 is 2.17 bits per heavy atom. The molecule has 6 heteroatoms. The number of carbonyl (C=O) groups is 2. The maximum absolute atomic E-state index is 11.9. The lowest BCUT2D eigenvalue weighted by Gasteiger charge is -2.37. The van der Waals surface area contributed by atoms with E-state index in [1.54, 1.807) is 4.90 Å². The second-order valence-electron chi connectivity index (χ2n) is 5.43. The number of amides is 2. The van der Waals surface area contributed by atoms with Gasteiger partial charge in [0.25, 0.3) is 0 Å². The molecule has 2 amide bonds. The van der Waals surface area contributed by atoms with Crippen LogP contribution < -0.4 is 11.1 Å². The third-order valence-corrected chi connectivity index (χ3v) is 4.25. The molecular weight excluding hydrogens is 234 g/mol. The molecule has 2 rings (SSSR count). The number of carbonyl (C=O) groups excluding carboxylic acids is 1. The molecular formula is C12H21N3O3. The first-order chi connectivity index (χ1) is 8.57. The van der Waals surface area contributed by atoms with Gasteiger partial charge in [0.05, 0.1) is 5.41 Å².